The van der Waals surface area contributed by atoms with E-state index in [0.717, 1.165) is 28.8 Å². The second-order valence-electron chi connectivity index (χ2n) is 6.52. The Kier molecular flexibility index (Phi) is 4.09. The number of carbonyl (C=O) groups excluding carboxylic acids is 1. The molecule has 3 heterocycles. The molecule has 2 aromatic heterocycles. The highest BCUT2D eigenvalue weighted by molar-refractivity contribution is 5.79. The third kappa shape index (κ3) is 3.33. The Labute approximate surface area is 145 Å². The van der Waals surface area contributed by atoms with Crippen molar-refractivity contribution < 1.29 is 9.53 Å². The van der Waals surface area contributed by atoms with E-state index < -0.39 is 0 Å². The van der Waals surface area contributed by atoms with Gasteiger partial charge >= 0.3 is 0 Å². The molecule has 6 heteroatoms. The summed E-state index contributed by atoms with van der Waals surface area (Å²) in [6.07, 6.45) is 4.45. The number of nitrogens with one attached hydrogen (secondary N) is 1. The molecule has 0 radical (unpaired) electrons. The molecular weight excluding hydrogens is 316 g/mol. The molecule has 0 bridgehead atoms. The molecule has 25 heavy (non-hydrogen) atoms. The zero-order valence-electron chi connectivity index (χ0n) is 14.1. The SMILES string of the molecule is Cc1cnc2c(cnn2CC(=O)NCC2COc3ccccc3C2)c1. The van der Waals surface area contributed by atoms with Gasteiger partial charge in [-0.1, -0.05) is 18.2 Å². The van der Waals surface area contributed by atoms with Gasteiger partial charge in [-0.2, -0.15) is 5.10 Å². The van der Waals surface area contributed by atoms with Crippen molar-refractivity contribution in [3.63, 3.8) is 0 Å². The molecule has 6 nitrogen and oxygen atoms in total. The number of hydrogen-bond acceptors (Lipinski definition) is 4. The van der Waals surface area contributed by atoms with Gasteiger partial charge in [-0.3, -0.25) is 4.79 Å². The predicted molar refractivity (Wildman–Crippen MR) is 94.4 cm³/mol. The largest absolute Gasteiger partial charge is 0.493 e. The molecule has 1 aliphatic heterocycles. The van der Waals surface area contributed by atoms with E-state index in [0.29, 0.717) is 13.2 Å². The third-order valence-electron chi connectivity index (χ3n) is 4.45. The summed E-state index contributed by atoms with van der Waals surface area (Å²) in [6.45, 7) is 3.38. The van der Waals surface area contributed by atoms with Crippen molar-refractivity contribution in [2.75, 3.05) is 13.2 Å². The first-order chi connectivity index (χ1) is 12.2. The predicted octanol–water partition coefficient (Wildman–Crippen LogP) is 2.11. The maximum Gasteiger partial charge on any atom is 0.241 e. The highest BCUT2D eigenvalue weighted by Gasteiger charge is 2.20. The normalized spacial score (nSPS) is 16.3. The average Bonchev–Trinajstić information content (AvgIpc) is 3.01. The van der Waals surface area contributed by atoms with Crippen molar-refractivity contribution in [3.05, 3.63) is 53.9 Å². The van der Waals surface area contributed by atoms with Crippen LogP contribution in [0.2, 0.25) is 0 Å². The van der Waals surface area contributed by atoms with Crippen LogP contribution in [-0.2, 0) is 17.8 Å². The van der Waals surface area contributed by atoms with Gasteiger partial charge in [0.05, 0.1) is 12.8 Å². The summed E-state index contributed by atoms with van der Waals surface area (Å²) < 4.78 is 7.40. The van der Waals surface area contributed by atoms with Gasteiger partial charge in [0, 0.05) is 24.0 Å². The molecule has 1 amide bonds. The van der Waals surface area contributed by atoms with Crippen LogP contribution in [0.1, 0.15) is 11.1 Å². The van der Waals surface area contributed by atoms with E-state index in [-0.39, 0.29) is 18.4 Å². The van der Waals surface area contributed by atoms with E-state index in [9.17, 15) is 4.79 Å². The van der Waals surface area contributed by atoms with Gasteiger partial charge in [-0.05, 0) is 36.6 Å². The monoisotopic (exact) mass is 336 g/mol. The van der Waals surface area contributed by atoms with Gasteiger partial charge in [0.1, 0.15) is 12.3 Å². The molecular formula is C19H20N4O2. The third-order valence-corrected chi connectivity index (χ3v) is 4.45. The Hall–Kier alpha value is -2.89. The van der Waals surface area contributed by atoms with E-state index in [1.807, 2.05) is 31.2 Å². The highest BCUT2D eigenvalue weighted by Crippen LogP contribution is 2.26. The van der Waals surface area contributed by atoms with E-state index in [2.05, 4.69) is 21.5 Å². The molecule has 3 aromatic rings. The number of aromatic nitrogens is 3. The van der Waals surface area contributed by atoms with Crippen LogP contribution in [0.25, 0.3) is 11.0 Å². The molecule has 0 saturated carbocycles. The number of benzene rings is 1. The lowest BCUT2D eigenvalue weighted by Gasteiger charge is -2.25. The van der Waals surface area contributed by atoms with Crippen LogP contribution in [0.4, 0.5) is 0 Å². The number of carbonyl (C=O) groups is 1. The number of hydrogen-bond donors (Lipinski definition) is 1. The van der Waals surface area contributed by atoms with Crippen LogP contribution in [0, 0.1) is 12.8 Å². The highest BCUT2D eigenvalue weighted by atomic mass is 16.5. The molecule has 1 aromatic carbocycles. The van der Waals surface area contributed by atoms with Crippen LogP contribution >= 0.6 is 0 Å². The molecule has 128 valence electrons. The van der Waals surface area contributed by atoms with Crippen LogP contribution < -0.4 is 10.1 Å². The molecule has 0 fully saturated rings. The Morgan fingerprint density at radius 1 is 1.36 bits per heavy atom. The second kappa shape index (κ2) is 6.55. The minimum absolute atomic E-state index is 0.0637. The van der Waals surface area contributed by atoms with Crippen molar-refractivity contribution in [2.45, 2.75) is 19.9 Å². The molecule has 0 saturated heterocycles. The lowest BCUT2D eigenvalue weighted by Crippen LogP contribution is -2.36. The fourth-order valence-corrected chi connectivity index (χ4v) is 3.17. The smallest absolute Gasteiger partial charge is 0.241 e. The van der Waals surface area contributed by atoms with E-state index in [4.69, 9.17) is 4.74 Å². The van der Waals surface area contributed by atoms with Gasteiger partial charge < -0.3 is 10.1 Å². The number of amides is 1. The Balaban J connectivity index is 1.35. The second-order valence-corrected chi connectivity index (χ2v) is 6.52. The molecule has 1 aliphatic rings. The summed E-state index contributed by atoms with van der Waals surface area (Å²) in [6, 6.07) is 10.1. The van der Waals surface area contributed by atoms with E-state index in [1.54, 1.807) is 17.1 Å². The molecule has 0 spiro atoms. The van der Waals surface area contributed by atoms with Crippen molar-refractivity contribution in [3.8, 4) is 5.75 Å². The fraction of sp³-hybridized carbons (Fsp3) is 0.316. The van der Waals surface area contributed by atoms with Crippen LogP contribution in [0.3, 0.4) is 0 Å². The van der Waals surface area contributed by atoms with Crippen molar-refractivity contribution in [2.24, 2.45) is 5.92 Å². The molecule has 1 N–H and O–H groups in total. The topological polar surface area (TPSA) is 69.0 Å². The first-order valence-electron chi connectivity index (χ1n) is 8.44. The van der Waals surface area contributed by atoms with Crippen LogP contribution in [0.5, 0.6) is 5.75 Å². The number of nitrogens with zero attached hydrogens (tertiary/aromatic N) is 3. The van der Waals surface area contributed by atoms with E-state index in [1.165, 1.54) is 5.56 Å². The Bertz CT molecular complexity index is 919. The number of rotatable bonds is 4. The summed E-state index contributed by atoms with van der Waals surface area (Å²) in [5.41, 5.74) is 3.01. The average molecular weight is 336 g/mol. The van der Waals surface area contributed by atoms with Crippen molar-refractivity contribution in [1.82, 2.24) is 20.1 Å². The lowest BCUT2D eigenvalue weighted by molar-refractivity contribution is -0.122. The number of pyridine rings is 1. The van der Waals surface area contributed by atoms with Crippen LogP contribution in [0.15, 0.2) is 42.7 Å². The summed E-state index contributed by atoms with van der Waals surface area (Å²) in [4.78, 5) is 16.6. The number of para-hydroxylation sites is 1. The first-order valence-corrected chi connectivity index (χ1v) is 8.44. The van der Waals surface area contributed by atoms with Gasteiger partial charge in [0.2, 0.25) is 5.91 Å². The first kappa shape index (κ1) is 15.6. The zero-order chi connectivity index (χ0) is 17.2. The summed E-state index contributed by atoms with van der Waals surface area (Å²) in [7, 11) is 0. The van der Waals surface area contributed by atoms with Gasteiger partial charge in [0.25, 0.3) is 0 Å². The maximum absolute atomic E-state index is 12.3. The molecule has 1 atom stereocenters. The van der Waals surface area contributed by atoms with Crippen molar-refractivity contribution >= 4 is 16.9 Å². The Morgan fingerprint density at radius 2 is 2.24 bits per heavy atom. The lowest BCUT2D eigenvalue weighted by atomic mass is 9.97. The minimum Gasteiger partial charge on any atom is -0.493 e. The Morgan fingerprint density at radius 3 is 3.16 bits per heavy atom. The number of ether oxygens (including phenoxy) is 1. The van der Waals surface area contributed by atoms with Gasteiger partial charge in [-0.25, -0.2) is 9.67 Å². The van der Waals surface area contributed by atoms with E-state index >= 15 is 0 Å². The summed E-state index contributed by atoms with van der Waals surface area (Å²) >= 11 is 0. The minimum atomic E-state index is -0.0637. The summed E-state index contributed by atoms with van der Waals surface area (Å²) in [5.74, 6) is 1.18. The van der Waals surface area contributed by atoms with Crippen molar-refractivity contribution in [1.29, 1.82) is 0 Å². The standard InChI is InChI=1S/C19H20N4O2/c1-13-6-16-10-22-23(19(16)21-8-13)11-18(24)20-9-14-7-15-4-2-3-5-17(15)25-12-14/h2-6,8,10,14H,7,9,11-12H2,1H3,(H,20,24). The van der Waals surface area contributed by atoms with Gasteiger partial charge in [0.15, 0.2) is 5.65 Å². The van der Waals surface area contributed by atoms with Gasteiger partial charge in [-0.15, -0.1) is 0 Å². The quantitative estimate of drug-likeness (QED) is 0.792. The van der Waals surface area contributed by atoms with Crippen LogP contribution in [-0.4, -0.2) is 33.8 Å². The maximum atomic E-state index is 12.3. The number of fused-ring (bicyclic) bond motifs is 2. The molecule has 4 rings (SSSR count). The zero-order valence-corrected chi connectivity index (χ0v) is 14.1. The molecule has 1 unspecified atom stereocenters. The fourth-order valence-electron chi connectivity index (χ4n) is 3.17. The molecule has 0 aliphatic carbocycles. The number of aryl methyl sites for hydroxylation is 1. The summed E-state index contributed by atoms with van der Waals surface area (Å²) in [5, 5.41) is 8.21.